The van der Waals surface area contributed by atoms with Crippen molar-refractivity contribution in [2.45, 2.75) is 18.8 Å². The van der Waals surface area contributed by atoms with Gasteiger partial charge in [-0.25, -0.2) is 0 Å². The van der Waals surface area contributed by atoms with Crippen LogP contribution < -0.4 is 5.32 Å². The zero-order valence-corrected chi connectivity index (χ0v) is 22.6. The lowest BCUT2D eigenvalue weighted by atomic mass is 9.75. The van der Waals surface area contributed by atoms with Gasteiger partial charge >= 0.3 is 0 Å². The molecule has 192 valence electrons. The van der Waals surface area contributed by atoms with Crippen molar-refractivity contribution in [1.82, 2.24) is 0 Å². The molecule has 1 aliphatic rings. The standard InChI is InChI=1S/C39H31N/c1-39(27-28-20-22-30(23-21-28)29-12-4-2-5-13-29)36-18-10-8-17-34(36)35-25-24-32(26-37(35)39)40-38-19-11-9-16-33(38)31-14-6-3-7-15-31/h2-26,40H,27H2,1H3. The Morgan fingerprint density at radius 3 is 1.80 bits per heavy atom. The largest absolute Gasteiger partial charge is 0.355 e. The van der Waals surface area contributed by atoms with Crippen LogP contribution in [0.5, 0.6) is 0 Å². The summed E-state index contributed by atoms with van der Waals surface area (Å²) in [7, 11) is 0. The van der Waals surface area contributed by atoms with E-state index < -0.39 is 0 Å². The number of para-hydroxylation sites is 1. The fourth-order valence-corrected chi connectivity index (χ4v) is 6.32. The SMILES string of the molecule is CC1(Cc2ccc(-c3ccccc3)cc2)c2ccccc2-c2ccc(Nc3ccccc3-c3ccccc3)cc21. The first-order chi connectivity index (χ1) is 19.7. The van der Waals surface area contributed by atoms with Gasteiger partial charge in [-0.05, 0) is 69.1 Å². The first-order valence-corrected chi connectivity index (χ1v) is 14.0. The zero-order valence-electron chi connectivity index (χ0n) is 22.6. The molecule has 1 heteroatoms. The predicted molar refractivity (Wildman–Crippen MR) is 169 cm³/mol. The van der Waals surface area contributed by atoms with Crippen molar-refractivity contribution in [1.29, 1.82) is 0 Å². The highest BCUT2D eigenvalue weighted by molar-refractivity contribution is 5.85. The summed E-state index contributed by atoms with van der Waals surface area (Å²) in [5.74, 6) is 0. The summed E-state index contributed by atoms with van der Waals surface area (Å²) in [5, 5.41) is 3.75. The average molecular weight is 514 g/mol. The maximum atomic E-state index is 3.75. The van der Waals surface area contributed by atoms with Crippen LogP contribution in [0.4, 0.5) is 11.4 Å². The van der Waals surface area contributed by atoms with Crippen LogP contribution in [0.25, 0.3) is 33.4 Å². The van der Waals surface area contributed by atoms with E-state index in [9.17, 15) is 0 Å². The predicted octanol–water partition coefficient (Wildman–Crippen LogP) is 10.3. The van der Waals surface area contributed by atoms with Gasteiger partial charge in [0.15, 0.2) is 0 Å². The Labute approximate surface area is 236 Å². The minimum absolute atomic E-state index is 0.128. The summed E-state index contributed by atoms with van der Waals surface area (Å²) in [5.41, 5.74) is 13.8. The number of hydrogen-bond acceptors (Lipinski definition) is 1. The molecular weight excluding hydrogens is 482 g/mol. The molecule has 0 bridgehead atoms. The van der Waals surface area contributed by atoms with E-state index in [0.29, 0.717) is 0 Å². The second-order valence-corrected chi connectivity index (χ2v) is 10.9. The van der Waals surface area contributed by atoms with E-state index >= 15 is 0 Å². The van der Waals surface area contributed by atoms with Crippen LogP contribution in [0.3, 0.4) is 0 Å². The third-order valence-electron chi connectivity index (χ3n) is 8.34. The van der Waals surface area contributed by atoms with Gasteiger partial charge in [-0.15, -0.1) is 0 Å². The van der Waals surface area contributed by atoms with E-state index in [1.165, 1.54) is 50.1 Å². The number of fused-ring (bicyclic) bond motifs is 3. The first kappa shape index (κ1) is 24.2. The van der Waals surface area contributed by atoms with Crippen LogP contribution in [0.2, 0.25) is 0 Å². The van der Waals surface area contributed by atoms with Gasteiger partial charge in [0.05, 0.1) is 0 Å². The summed E-state index contributed by atoms with van der Waals surface area (Å²) in [6, 6.07) is 54.7. The summed E-state index contributed by atoms with van der Waals surface area (Å²) >= 11 is 0. The van der Waals surface area contributed by atoms with Gasteiger partial charge in [-0.3, -0.25) is 0 Å². The van der Waals surface area contributed by atoms with E-state index in [1.807, 2.05) is 0 Å². The van der Waals surface area contributed by atoms with E-state index in [4.69, 9.17) is 0 Å². The molecule has 0 aromatic heterocycles. The van der Waals surface area contributed by atoms with Gasteiger partial charge in [-0.2, -0.15) is 0 Å². The topological polar surface area (TPSA) is 12.0 Å². The van der Waals surface area contributed by atoms with Crippen molar-refractivity contribution in [3.05, 3.63) is 168 Å². The molecule has 1 atom stereocenters. The van der Waals surface area contributed by atoms with Crippen molar-refractivity contribution < 1.29 is 0 Å². The van der Waals surface area contributed by atoms with E-state index in [2.05, 4.69) is 164 Å². The molecule has 0 fully saturated rings. The summed E-state index contributed by atoms with van der Waals surface area (Å²) in [4.78, 5) is 0. The fourth-order valence-electron chi connectivity index (χ4n) is 6.32. The van der Waals surface area contributed by atoms with Gasteiger partial charge in [0.1, 0.15) is 0 Å². The molecule has 0 saturated carbocycles. The molecule has 1 nitrogen and oxygen atoms in total. The van der Waals surface area contributed by atoms with E-state index in [0.717, 1.165) is 17.8 Å². The minimum Gasteiger partial charge on any atom is -0.355 e. The van der Waals surface area contributed by atoms with Gasteiger partial charge < -0.3 is 5.32 Å². The molecule has 0 radical (unpaired) electrons. The van der Waals surface area contributed by atoms with Crippen molar-refractivity contribution in [3.63, 3.8) is 0 Å². The second-order valence-electron chi connectivity index (χ2n) is 10.9. The Bertz CT molecular complexity index is 1790. The lowest BCUT2D eigenvalue weighted by Gasteiger charge is -2.28. The fraction of sp³-hybridized carbons (Fsp3) is 0.0769. The third kappa shape index (κ3) is 4.30. The minimum atomic E-state index is -0.128. The van der Waals surface area contributed by atoms with Crippen molar-refractivity contribution in [2.24, 2.45) is 0 Å². The number of rotatable bonds is 6. The lowest BCUT2D eigenvalue weighted by Crippen LogP contribution is -2.24. The molecule has 1 unspecified atom stereocenters. The number of hydrogen-bond donors (Lipinski definition) is 1. The molecule has 0 spiro atoms. The normalized spacial score (nSPS) is 15.3. The van der Waals surface area contributed by atoms with Crippen LogP contribution in [-0.4, -0.2) is 0 Å². The highest BCUT2D eigenvalue weighted by Crippen LogP contribution is 2.51. The van der Waals surface area contributed by atoms with Crippen molar-refractivity contribution in [2.75, 3.05) is 5.32 Å². The molecule has 1 N–H and O–H groups in total. The van der Waals surface area contributed by atoms with Crippen LogP contribution >= 0.6 is 0 Å². The molecule has 40 heavy (non-hydrogen) atoms. The van der Waals surface area contributed by atoms with Crippen LogP contribution in [0.15, 0.2) is 152 Å². The van der Waals surface area contributed by atoms with Crippen molar-refractivity contribution >= 4 is 11.4 Å². The lowest BCUT2D eigenvalue weighted by molar-refractivity contribution is 0.583. The Morgan fingerprint density at radius 2 is 1.05 bits per heavy atom. The van der Waals surface area contributed by atoms with E-state index in [-0.39, 0.29) is 5.41 Å². The van der Waals surface area contributed by atoms with Gasteiger partial charge in [-0.1, -0.05) is 140 Å². The van der Waals surface area contributed by atoms with Crippen LogP contribution in [-0.2, 0) is 11.8 Å². The Hall–Kier alpha value is -4.88. The molecule has 0 aliphatic heterocycles. The second kappa shape index (κ2) is 10.0. The summed E-state index contributed by atoms with van der Waals surface area (Å²) in [6.07, 6.45) is 0.941. The average Bonchev–Trinajstić information content (AvgIpc) is 3.26. The molecule has 6 aromatic rings. The summed E-state index contributed by atoms with van der Waals surface area (Å²) < 4.78 is 0. The molecule has 0 saturated heterocycles. The summed E-state index contributed by atoms with van der Waals surface area (Å²) in [6.45, 7) is 2.41. The molecule has 7 rings (SSSR count). The Kier molecular flexibility index (Phi) is 6.06. The molecule has 6 aromatic carbocycles. The van der Waals surface area contributed by atoms with Crippen LogP contribution in [0.1, 0.15) is 23.6 Å². The van der Waals surface area contributed by atoms with Gasteiger partial charge in [0.25, 0.3) is 0 Å². The third-order valence-corrected chi connectivity index (χ3v) is 8.34. The molecule has 1 aliphatic carbocycles. The zero-order chi connectivity index (χ0) is 26.9. The maximum absolute atomic E-state index is 3.75. The molecular formula is C39H31N. The van der Waals surface area contributed by atoms with E-state index in [1.54, 1.807) is 0 Å². The van der Waals surface area contributed by atoms with Gasteiger partial charge in [0.2, 0.25) is 0 Å². The smallest absolute Gasteiger partial charge is 0.0463 e. The monoisotopic (exact) mass is 513 g/mol. The van der Waals surface area contributed by atoms with Crippen LogP contribution in [0, 0.1) is 0 Å². The maximum Gasteiger partial charge on any atom is 0.0463 e. The Morgan fingerprint density at radius 1 is 0.475 bits per heavy atom. The number of nitrogens with one attached hydrogen (secondary N) is 1. The highest BCUT2D eigenvalue weighted by atomic mass is 14.9. The van der Waals surface area contributed by atoms with Crippen molar-refractivity contribution in [3.8, 4) is 33.4 Å². The quantitative estimate of drug-likeness (QED) is 0.234. The molecule has 0 heterocycles. The van der Waals surface area contributed by atoms with Gasteiger partial charge in [0, 0.05) is 22.4 Å². The highest BCUT2D eigenvalue weighted by Gasteiger charge is 2.39. The first-order valence-electron chi connectivity index (χ1n) is 14.0. The number of benzene rings is 6. The number of anilines is 2. The Balaban J connectivity index is 1.25. The molecule has 0 amide bonds.